The zero-order valence-electron chi connectivity index (χ0n) is 8.82. The molecule has 0 aromatic carbocycles. The van der Waals surface area contributed by atoms with Crippen LogP contribution in [0.2, 0.25) is 0 Å². The van der Waals surface area contributed by atoms with Crippen LogP contribution in [-0.4, -0.2) is 19.7 Å². The second-order valence-corrected chi connectivity index (χ2v) is 4.34. The van der Waals surface area contributed by atoms with E-state index < -0.39 is 0 Å². The summed E-state index contributed by atoms with van der Waals surface area (Å²) in [6, 6.07) is 7.56. The highest BCUT2D eigenvalue weighted by atomic mass is 32.1. The SMILES string of the molecule is Nc1cc(-c2cccs2)nn1-c1ncccn1. The molecule has 0 spiro atoms. The smallest absolute Gasteiger partial charge is 0.252 e. The van der Waals surface area contributed by atoms with Crippen molar-refractivity contribution >= 4 is 17.2 Å². The molecule has 0 amide bonds. The molecule has 0 radical (unpaired) electrons. The second-order valence-electron chi connectivity index (χ2n) is 3.39. The van der Waals surface area contributed by atoms with Crippen molar-refractivity contribution in [2.24, 2.45) is 0 Å². The minimum atomic E-state index is 0.479. The summed E-state index contributed by atoms with van der Waals surface area (Å²) in [7, 11) is 0. The summed E-state index contributed by atoms with van der Waals surface area (Å²) in [6.45, 7) is 0. The topological polar surface area (TPSA) is 69.6 Å². The standard InChI is InChI=1S/C11H9N5S/c12-10-7-8(9-3-1-6-17-9)15-16(10)11-13-4-2-5-14-11/h1-7H,12H2. The van der Waals surface area contributed by atoms with E-state index in [0.717, 1.165) is 10.6 Å². The maximum atomic E-state index is 5.90. The average molecular weight is 243 g/mol. The predicted octanol–water partition coefficient (Wildman–Crippen LogP) is 1.97. The lowest BCUT2D eigenvalue weighted by Crippen LogP contribution is -2.05. The van der Waals surface area contributed by atoms with Crippen molar-refractivity contribution in [3.8, 4) is 16.5 Å². The Hall–Kier alpha value is -2.21. The molecule has 6 heteroatoms. The Labute approximate surface area is 102 Å². The van der Waals surface area contributed by atoms with E-state index in [1.807, 2.05) is 23.6 Å². The fourth-order valence-corrected chi connectivity index (χ4v) is 2.18. The van der Waals surface area contributed by atoms with Gasteiger partial charge in [-0.2, -0.15) is 9.78 Å². The summed E-state index contributed by atoms with van der Waals surface area (Å²) >= 11 is 1.62. The summed E-state index contributed by atoms with van der Waals surface area (Å²) < 4.78 is 1.54. The number of hydrogen-bond donors (Lipinski definition) is 1. The van der Waals surface area contributed by atoms with Gasteiger partial charge in [0.25, 0.3) is 5.95 Å². The molecule has 3 aromatic heterocycles. The van der Waals surface area contributed by atoms with Gasteiger partial charge in [-0.1, -0.05) is 6.07 Å². The monoisotopic (exact) mass is 243 g/mol. The molecule has 0 unspecified atom stereocenters. The Morgan fingerprint density at radius 2 is 2.00 bits per heavy atom. The van der Waals surface area contributed by atoms with Gasteiger partial charge in [-0.25, -0.2) is 9.97 Å². The molecule has 3 aromatic rings. The van der Waals surface area contributed by atoms with Gasteiger partial charge in [0.15, 0.2) is 0 Å². The van der Waals surface area contributed by atoms with Gasteiger partial charge in [0.1, 0.15) is 11.5 Å². The van der Waals surface area contributed by atoms with E-state index in [1.165, 1.54) is 4.68 Å². The van der Waals surface area contributed by atoms with Gasteiger partial charge in [-0.15, -0.1) is 11.3 Å². The largest absolute Gasteiger partial charge is 0.383 e. The van der Waals surface area contributed by atoms with Gasteiger partial charge in [0, 0.05) is 18.5 Å². The van der Waals surface area contributed by atoms with E-state index in [2.05, 4.69) is 15.1 Å². The molecule has 3 rings (SSSR count). The highest BCUT2D eigenvalue weighted by Gasteiger charge is 2.10. The van der Waals surface area contributed by atoms with Gasteiger partial charge in [-0.3, -0.25) is 0 Å². The van der Waals surface area contributed by atoms with Gasteiger partial charge >= 0.3 is 0 Å². The predicted molar refractivity (Wildman–Crippen MR) is 66.9 cm³/mol. The molecule has 3 heterocycles. The highest BCUT2D eigenvalue weighted by molar-refractivity contribution is 7.13. The Kier molecular flexibility index (Phi) is 2.34. The summed E-state index contributed by atoms with van der Waals surface area (Å²) in [5.74, 6) is 1.01. The lowest BCUT2D eigenvalue weighted by Gasteiger charge is -1.99. The van der Waals surface area contributed by atoms with Crippen LogP contribution in [-0.2, 0) is 0 Å². The fraction of sp³-hybridized carbons (Fsp3) is 0. The Morgan fingerprint density at radius 1 is 1.18 bits per heavy atom. The van der Waals surface area contributed by atoms with E-state index >= 15 is 0 Å². The number of anilines is 1. The maximum absolute atomic E-state index is 5.90. The van der Waals surface area contributed by atoms with Crippen molar-refractivity contribution in [3.05, 3.63) is 42.0 Å². The molecule has 0 saturated heterocycles. The molecule has 0 aliphatic carbocycles. The van der Waals surface area contributed by atoms with Crippen LogP contribution in [0.25, 0.3) is 16.5 Å². The molecule has 84 valence electrons. The van der Waals surface area contributed by atoms with E-state index in [4.69, 9.17) is 5.73 Å². The first-order valence-electron chi connectivity index (χ1n) is 5.01. The highest BCUT2D eigenvalue weighted by Crippen LogP contribution is 2.25. The number of thiophene rings is 1. The summed E-state index contributed by atoms with van der Waals surface area (Å²) in [6.07, 6.45) is 3.32. The van der Waals surface area contributed by atoms with Crippen LogP contribution in [0.5, 0.6) is 0 Å². The molecular formula is C11H9N5S. The van der Waals surface area contributed by atoms with Crippen molar-refractivity contribution in [2.45, 2.75) is 0 Å². The molecule has 0 fully saturated rings. The minimum Gasteiger partial charge on any atom is -0.383 e. The third kappa shape index (κ3) is 1.78. The molecule has 0 atom stereocenters. The molecule has 0 aliphatic rings. The normalized spacial score (nSPS) is 10.6. The van der Waals surface area contributed by atoms with Crippen molar-refractivity contribution in [1.82, 2.24) is 19.7 Å². The zero-order chi connectivity index (χ0) is 11.7. The van der Waals surface area contributed by atoms with E-state index in [0.29, 0.717) is 11.8 Å². The van der Waals surface area contributed by atoms with Crippen LogP contribution in [0.4, 0.5) is 5.82 Å². The Bertz CT molecular complexity index is 615. The molecule has 0 aliphatic heterocycles. The van der Waals surface area contributed by atoms with Crippen LogP contribution in [0.1, 0.15) is 0 Å². The van der Waals surface area contributed by atoms with E-state index in [-0.39, 0.29) is 0 Å². The van der Waals surface area contributed by atoms with Gasteiger partial charge in [0.2, 0.25) is 0 Å². The molecule has 0 saturated carbocycles. The van der Waals surface area contributed by atoms with Gasteiger partial charge in [-0.05, 0) is 17.5 Å². The van der Waals surface area contributed by atoms with Crippen LogP contribution in [0.3, 0.4) is 0 Å². The number of aromatic nitrogens is 4. The first-order chi connectivity index (χ1) is 8.34. The summed E-state index contributed by atoms with van der Waals surface area (Å²) in [5, 5.41) is 6.40. The van der Waals surface area contributed by atoms with Crippen molar-refractivity contribution in [3.63, 3.8) is 0 Å². The van der Waals surface area contributed by atoms with Crippen molar-refractivity contribution in [1.29, 1.82) is 0 Å². The quantitative estimate of drug-likeness (QED) is 0.747. The van der Waals surface area contributed by atoms with Gasteiger partial charge < -0.3 is 5.73 Å². The fourth-order valence-electron chi connectivity index (χ4n) is 1.50. The number of nitrogens with zero attached hydrogens (tertiary/aromatic N) is 4. The van der Waals surface area contributed by atoms with Crippen LogP contribution >= 0.6 is 11.3 Å². The molecule has 5 nitrogen and oxygen atoms in total. The summed E-state index contributed by atoms with van der Waals surface area (Å²) in [4.78, 5) is 9.31. The van der Waals surface area contributed by atoms with Crippen LogP contribution < -0.4 is 5.73 Å². The van der Waals surface area contributed by atoms with Gasteiger partial charge in [0.05, 0.1) is 4.88 Å². The summed E-state index contributed by atoms with van der Waals surface area (Å²) in [5.41, 5.74) is 6.74. The van der Waals surface area contributed by atoms with E-state index in [1.54, 1.807) is 29.8 Å². The van der Waals surface area contributed by atoms with Crippen molar-refractivity contribution in [2.75, 3.05) is 5.73 Å². The van der Waals surface area contributed by atoms with E-state index in [9.17, 15) is 0 Å². The van der Waals surface area contributed by atoms with Crippen LogP contribution in [0.15, 0.2) is 42.0 Å². The van der Waals surface area contributed by atoms with Crippen LogP contribution in [0, 0.1) is 0 Å². The zero-order valence-corrected chi connectivity index (χ0v) is 9.63. The molecular weight excluding hydrogens is 234 g/mol. The minimum absolute atomic E-state index is 0.479. The van der Waals surface area contributed by atoms with Crippen molar-refractivity contribution < 1.29 is 0 Å². The maximum Gasteiger partial charge on any atom is 0.252 e. The average Bonchev–Trinajstić information content (AvgIpc) is 2.99. The Balaban J connectivity index is 2.08. The number of hydrogen-bond acceptors (Lipinski definition) is 5. The number of rotatable bonds is 2. The first-order valence-corrected chi connectivity index (χ1v) is 5.89. The molecule has 17 heavy (non-hydrogen) atoms. The lowest BCUT2D eigenvalue weighted by molar-refractivity contribution is 0.821. The second kappa shape index (κ2) is 3.99. The first kappa shape index (κ1) is 9.98. The number of nitrogens with two attached hydrogens (primary N) is 1. The lowest BCUT2D eigenvalue weighted by atomic mass is 10.3. The molecule has 0 bridgehead atoms. The Morgan fingerprint density at radius 3 is 2.71 bits per heavy atom. The third-order valence-electron chi connectivity index (χ3n) is 2.25. The third-order valence-corrected chi connectivity index (χ3v) is 3.14. The molecule has 2 N–H and O–H groups in total. The number of nitrogen functional groups attached to an aromatic ring is 1.